The Balaban J connectivity index is 2.43. The van der Waals surface area contributed by atoms with Crippen molar-refractivity contribution in [3.8, 4) is 0 Å². The first-order valence-electron chi connectivity index (χ1n) is 5.17. The molecule has 0 saturated heterocycles. The van der Waals surface area contributed by atoms with Gasteiger partial charge in [-0.05, 0) is 46.7 Å². The predicted octanol–water partition coefficient (Wildman–Crippen LogP) is 3.90. The molecule has 14 heavy (non-hydrogen) atoms. The van der Waals surface area contributed by atoms with Crippen LogP contribution in [0.3, 0.4) is 0 Å². The van der Waals surface area contributed by atoms with Gasteiger partial charge in [-0.15, -0.1) is 0 Å². The van der Waals surface area contributed by atoms with E-state index in [-0.39, 0.29) is 6.10 Å². The van der Waals surface area contributed by atoms with Gasteiger partial charge in [-0.25, -0.2) is 0 Å². The fraction of sp³-hybridized carbons (Fsp3) is 0.500. The van der Waals surface area contributed by atoms with E-state index in [1.165, 1.54) is 16.4 Å². The van der Waals surface area contributed by atoms with Gasteiger partial charge in [0.15, 0.2) is 0 Å². The Kier molecular flexibility index (Phi) is 5.48. The summed E-state index contributed by atoms with van der Waals surface area (Å²) in [6.07, 6.45) is 4.14. The third kappa shape index (κ3) is 3.96. The maximum Gasteiger partial charge on any atom is 0.0790 e. The summed E-state index contributed by atoms with van der Waals surface area (Å²) in [5.41, 5.74) is 1.04. The van der Waals surface area contributed by atoms with Gasteiger partial charge in [-0.1, -0.05) is 38.3 Å². The summed E-state index contributed by atoms with van der Waals surface area (Å²) in [5, 5.41) is 9.84. The highest BCUT2D eigenvalue weighted by atomic mass is 127. The van der Waals surface area contributed by atoms with Crippen LogP contribution in [0.2, 0.25) is 0 Å². The number of benzene rings is 1. The Morgan fingerprint density at radius 2 is 1.86 bits per heavy atom. The van der Waals surface area contributed by atoms with E-state index in [1.54, 1.807) is 0 Å². The van der Waals surface area contributed by atoms with Gasteiger partial charge >= 0.3 is 0 Å². The van der Waals surface area contributed by atoms with Crippen molar-refractivity contribution < 1.29 is 5.11 Å². The summed E-state index contributed by atoms with van der Waals surface area (Å²) in [4.78, 5) is 0. The Bertz CT molecular complexity index is 256. The second-order valence-electron chi connectivity index (χ2n) is 3.56. The third-order valence-electron chi connectivity index (χ3n) is 2.34. The molecule has 2 heteroatoms. The van der Waals surface area contributed by atoms with Gasteiger partial charge in [0.1, 0.15) is 0 Å². The number of aliphatic hydroxyl groups excluding tert-OH is 1. The topological polar surface area (TPSA) is 20.2 Å². The maximum absolute atomic E-state index is 9.84. The van der Waals surface area contributed by atoms with E-state index in [2.05, 4.69) is 29.5 Å². The highest BCUT2D eigenvalue weighted by Crippen LogP contribution is 2.20. The van der Waals surface area contributed by atoms with Crippen molar-refractivity contribution in [1.29, 1.82) is 0 Å². The average molecular weight is 304 g/mol. The molecule has 1 rings (SSSR count). The lowest BCUT2D eigenvalue weighted by Gasteiger charge is -2.10. The van der Waals surface area contributed by atoms with E-state index < -0.39 is 0 Å². The molecule has 0 amide bonds. The molecule has 0 bridgehead atoms. The molecule has 0 fully saturated rings. The summed E-state index contributed by atoms with van der Waals surface area (Å²) >= 11 is 2.27. The maximum atomic E-state index is 9.84. The molecule has 0 aromatic heterocycles. The van der Waals surface area contributed by atoms with E-state index in [9.17, 15) is 5.11 Å². The second kappa shape index (κ2) is 6.40. The van der Waals surface area contributed by atoms with E-state index in [0.717, 1.165) is 18.4 Å². The predicted molar refractivity (Wildman–Crippen MR) is 68.3 cm³/mol. The largest absolute Gasteiger partial charge is 0.388 e. The first-order valence-corrected chi connectivity index (χ1v) is 6.25. The van der Waals surface area contributed by atoms with E-state index in [4.69, 9.17) is 0 Å². The highest BCUT2D eigenvalue weighted by molar-refractivity contribution is 14.1. The average Bonchev–Trinajstić information content (AvgIpc) is 2.19. The lowest BCUT2D eigenvalue weighted by molar-refractivity contribution is 0.163. The van der Waals surface area contributed by atoms with Crippen LogP contribution in [-0.2, 0) is 0 Å². The Labute approximate surface area is 99.7 Å². The Hall–Kier alpha value is -0.0900. The van der Waals surface area contributed by atoms with Gasteiger partial charge in [0.25, 0.3) is 0 Å². The van der Waals surface area contributed by atoms with Gasteiger partial charge in [0, 0.05) is 3.57 Å². The zero-order valence-electron chi connectivity index (χ0n) is 8.54. The molecule has 1 nitrogen and oxygen atoms in total. The van der Waals surface area contributed by atoms with E-state index in [1.807, 2.05) is 24.3 Å². The fourth-order valence-corrected chi connectivity index (χ4v) is 1.80. The van der Waals surface area contributed by atoms with Crippen molar-refractivity contribution in [2.24, 2.45) is 0 Å². The minimum absolute atomic E-state index is 0.279. The molecule has 0 aliphatic carbocycles. The van der Waals surface area contributed by atoms with Crippen LogP contribution in [0.15, 0.2) is 24.3 Å². The molecule has 0 heterocycles. The van der Waals surface area contributed by atoms with Crippen LogP contribution in [-0.4, -0.2) is 5.11 Å². The normalized spacial score (nSPS) is 12.8. The summed E-state index contributed by atoms with van der Waals surface area (Å²) in [5.74, 6) is 0. The Morgan fingerprint density at radius 1 is 1.21 bits per heavy atom. The first kappa shape index (κ1) is 12.0. The van der Waals surface area contributed by atoms with Crippen molar-refractivity contribution in [2.75, 3.05) is 0 Å². The standard InChI is InChI=1S/C12H17IO/c1-2-3-4-5-12(14)10-6-8-11(13)9-7-10/h6-9,12,14H,2-5H2,1H3/t12-/m1/s1. The minimum Gasteiger partial charge on any atom is -0.388 e. The molecule has 1 atom stereocenters. The van der Waals surface area contributed by atoms with Crippen LogP contribution in [0.1, 0.15) is 44.3 Å². The number of aliphatic hydroxyl groups is 1. The quantitative estimate of drug-likeness (QED) is 0.646. The summed E-state index contributed by atoms with van der Waals surface area (Å²) in [6.45, 7) is 2.18. The Morgan fingerprint density at radius 3 is 2.43 bits per heavy atom. The molecule has 0 saturated carbocycles. The molecule has 1 aromatic rings. The first-order chi connectivity index (χ1) is 6.74. The molecular formula is C12H17IO. The SMILES string of the molecule is CCCCC[C@@H](O)c1ccc(I)cc1. The zero-order valence-corrected chi connectivity index (χ0v) is 10.7. The molecule has 0 radical (unpaired) electrons. The molecule has 0 unspecified atom stereocenters. The molecule has 0 aliphatic rings. The van der Waals surface area contributed by atoms with Crippen molar-refractivity contribution in [3.63, 3.8) is 0 Å². The number of hydrogen-bond donors (Lipinski definition) is 1. The van der Waals surface area contributed by atoms with Gasteiger partial charge in [0.05, 0.1) is 6.10 Å². The van der Waals surface area contributed by atoms with Gasteiger partial charge in [-0.3, -0.25) is 0 Å². The number of halogens is 1. The lowest BCUT2D eigenvalue weighted by atomic mass is 10.0. The van der Waals surface area contributed by atoms with Crippen LogP contribution in [0.5, 0.6) is 0 Å². The van der Waals surface area contributed by atoms with Crippen LogP contribution in [0, 0.1) is 3.57 Å². The smallest absolute Gasteiger partial charge is 0.0790 e. The van der Waals surface area contributed by atoms with Gasteiger partial charge in [0.2, 0.25) is 0 Å². The van der Waals surface area contributed by atoms with Crippen LogP contribution in [0.4, 0.5) is 0 Å². The molecule has 0 spiro atoms. The number of rotatable bonds is 5. The molecule has 0 aliphatic heterocycles. The van der Waals surface area contributed by atoms with Gasteiger partial charge in [-0.2, -0.15) is 0 Å². The molecule has 1 N–H and O–H groups in total. The summed E-state index contributed by atoms with van der Waals surface area (Å²) in [6, 6.07) is 8.11. The lowest BCUT2D eigenvalue weighted by Crippen LogP contribution is -1.97. The fourth-order valence-electron chi connectivity index (χ4n) is 1.44. The number of unbranched alkanes of at least 4 members (excludes halogenated alkanes) is 2. The highest BCUT2D eigenvalue weighted by Gasteiger charge is 2.05. The zero-order chi connectivity index (χ0) is 10.4. The van der Waals surface area contributed by atoms with Gasteiger partial charge < -0.3 is 5.11 Å². The van der Waals surface area contributed by atoms with Crippen molar-refractivity contribution in [1.82, 2.24) is 0 Å². The summed E-state index contributed by atoms with van der Waals surface area (Å²) in [7, 11) is 0. The monoisotopic (exact) mass is 304 g/mol. The van der Waals surface area contributed by atoms with Crippen molar-refractivity contribution in [2.45, 2.75) is 38.7 Å². The van der Waals surface area contributed by atoms with Crippen molar-refractivity contribution >= 4 is 22.6 Å². The second-order valence-corrected chi connectivity index (χ2v) is 4.81. The van der Waals surface area contributed by atoms with Crippen LogP contribution in [0.25, 0.3) is 0 Å². The van der Waals surface area contributed by atoms with Crippen molar-refractivity contribution in [3.05, 3.63) is 33.4 Å². The van der Waals surface area contributed by atoms with Crippen LogP contribution < -0.4 is 0 Å². The third-order valence-corrected chi connectivity index (χ3v) is 3.06. The summed E-state index contributed by atoms with van der Waals surface area (Å²) < 4.78 is 1.21. The molecular weight excluding hydrogens is 287 g/mol. The molecule has 1 aromatic carbocycles. The molecule has 78 valence electrons. The van der Waals surface area contributed by atoms with E-state index in [0.29, 0.717) is 0 Å². The van der Waals surface area contributed by atoms with E-state index >= 15 is 0 Å². The minimum atomic E-state index is -0.279. The number of hydrogen-bond acceptors (Lipinski definition) is 1. The van der Waals surface area contributed by atoms with Crippen LogP contribution >= 0.6 is 22.6 Å².